The van der Waals surface area contributed by atoms with Gasteiger partial charge in [-0.15, -0.1) is 12.4 Å². The highest BCUT2D eigenvalue weighted by Gasteiger charge is 2.47. The Hall–Kier alpha value is 0.210. The van der Waals surface area contributed by atoms with Gasteiger partial charge in [-0.1, -0.05) is 13.3 Å². The van der Waals surface area contributed by atoms with Crippen molar-refractivity contribution < 1.29 is 0 Å². The van der Waals surface area contributed by atoms with Crippen molar-refractivity contribution in [2.45, 2.75) is 51.5 Å². The van der Waals surface area contributed by atoms with Crippen LogP contribution in [0.2, 0.25) is 0 Å². The molecule has 1 spiro atoms. The van der Waals surface area contributed by atoms with E-state index in [0.717, 1.165) is 17.4 Å². The lowest BCUT2D eigenvalue weighted by Crippen LogP contribution is -2.52. The summed E-state index contributed by atoms with van der Waals surface area (Å²) in [6, 6.07) is 0.893. The zero-order valence-corrected chi connectivity index (χ0v) is 11.9. The third-order valence-electron chi connectivity index (χ3n) is 5.21. The summed E-state index contributed by atoms with van der Waals surface area (Å²) in [7, 11) is 0. The highest BCUT2D eigenvalue weighted by molar-refractivity contribution is 5.85. The zero-order valence-electron chi connectivity index (χ0n) is 11.1. The molecule has 0 bridgehead atoms. The summed E-state index contributed by atoms with van der Waals surface area (Å²) in [6.45, 7) is 7.66. The number of hydrogen-bond acceptors (Lipinski definition) is 2. The fourth-order valence-corrected chi connectivity index (χ4v) is 3.92. The first-order valence-corrected chi connectivity index (χ1v) is 7.28. The molecule has 3 fully saturated rings. The molecule has 3 aliphatic rings. The first-order chi connectivity index (χ1) is 7.83. The molecule has 2 heterocycles. The van der Waals surface area contributed by atoms with Crippen molar-refractivity contribution >= 4 is 12.4 Å². The molecular formula is C14H27ClN2. The number of piperidine rings is 2. The first-order valence-electron chi connectivity index (χ1n) is 7.28. The lowest BCUT2D eigenvalue weighted by molar-refractivity contribution is 0.0589. The molecule has 100 valence electrons. The molecule has 3 heteroatoms. The van der Waals surface area contributed by atoms with Crippen LogP contribution in [0.4, 0.5) is 0 Å². The van der Waals surface area contributed by atoms with E-state index in [-0.39, 0.29) is 12.4 Å². The van der Waals surface area contributed by atoms with Crippen LogP contribution in [0.15, 0.2) is 0 Å². The van der Waals surface area contributed by atoms with Gasteiger partial charge in [0.15, 0.2) is 0 Å². The fraction of sp³-hybridized carbons (Fsp3) is 1.00. The van der Waals surface area contributed by atoms with Crippen LogP contribution in [-0.2, 0) is 0 Å². The van der Waals surface area contributed by atoms with Gasteiger partial charge in [0.2, 0.25) is 0 Å². The molecule has 17 heavy (non-hydrogen) atoms. The summed E-state index contributed by atoms with van der Waals surface area (Å²) in [6.07, 6.45) is 8.75. The third kappa shape index (κ3) is 2.80. The molecule has 3 rings (SSSR count). The molecule has 2 aliphatic heterocycles. The fourth-order valence-electron chi connectivity index (χ4n) is 3.92. The quantitative estimate of drug-likeness (QED) is 0.819. The number of likely N-dealkylation sites (tertiary alicyclic amines) is 1. The Labute approximate surface area is 112 Å². The minimum atomic E-state index is 0. The maximum absolute atomic E-state index is 3.56. The molecule has 0 aromatic rings. The van der Waals surface area contributed by atoms with Gasteiger partial charge in [0.05, 0.1) is 0 Å². The summed E-state index contributed by atoms with van der Waals surface area (Å²) in [5.41, 5.74) is 0.793. The molecule has 2 unspecified atom stereocenters. The monoisotopic (exact) mass is 258 g/mol. The normalized spacial score (nSPS) is 36.5. The molecule has 2 atom stereocenters. The van der Waals surface area contributed by atoms with Gasteiger partial charge in [0.1, 0.15) is 0 Å². The minimum absolute atomic E-state index is 0. The molecule has 1 aliphatic carbocycles. The van der Waals surface area contributed by atoms with Gasteiger partial charge in [-0.2, -0.15) is 0 Å². The van der Waals surface area contributed by atoms with Gasteiger partial charge in [-0.05, 0) is 63.1 Å². The number of nitrogens with one attached hydrogen (secondary N) is 1. The number of hydrogen-bond donors (Lipinski definition) is 1. The zero-order chi connectivity index (χ0) is 11.0. The van der Waals surface area contributed by atoms with E-state index in [1.165, 1.54) is 64.7 Å². The Balaban J connectivity index is 0.00000108. The predicted molar refractivity (Wildman–Crippen MR) is 74.8 cm³/mol. The van der Waals surface area contributed by atoms with Gasteiger partial charge in [-0.3, -0.25) is 4.90 Å². The second kappa shape index (κ2) is 5.46. The average molecular weight is 259 g/mol. The lowest BCUT2D eigenvalue weighted by atomic mass is 9.86. The lowest BCUT2D eigenvalue weighted by Gasteiger charge is -2.44. The molecule has 2 nitrogen and oxygen atoms in total. The van der Waals surface area contributed by atoms with Crippen molar-refractivity contribution in [2.75, 3.05) is 26.2 Å². The van der Waals surface area contributed by atoms with Crippen LogP contribution in [0.25, 0.3) is 0 Å². The largest absolute Gasteiger partial charge is 0.316 e. The summed E-state index contributed by atoms with van der Waals surface area (Å²) < 4.78 is 0. The second-order valence-corrected chi connectivity index (χ2v) is 6.30. The standard InChI is InChI=1S/C14H26N2.ClH/c1-2-12-10-15-8-4-13(12)16-9-3-5-14(11-16)6-7-14;/h12-13,15H,2-11H2,1H3;1H. The molecular weight excluding hydrogens is 232 g/mol. The minimum Gasteiger partial charge on any atom is -0.316 e. The Morgan fingerprint density at radius 2 is 2.12 bits per heavy atom. The van der Waals surface area contributed by atoms with Crippen molar-refractivity contribution in [1.29, 1.82) is 0 Å². The van der Waals surface area contributed by atoms with Crippen molar-refractivity contribution in [2.24, 2.45) is 11.3 Å². The summed E-state index contributed by atoms with van der Waals surface area (Å²) in [4.78, 5) is 2.85. The summed E-state index contributed by atoms with van der Waals surface area (Å²) >= 11 is 0. The molecule has 0 aromatic heterocycles. The van der Waals surface area contributed by atoms with E-state index in [1.54, 1.807) is 0 Å². The molecule has 2 saturated heterocycles. The number of nitrogens with zero attached hydrogens (tertiary/aromatic N) is 1. The first kappa shape index (κ1) is 13.6. The van der Waals surface area contributed by atoms with Gasteiger partial charge >= 0.3 is 0 Å². The Bertz CT molecular complexity index is 253. The van der Waals surface area contributed by atoms with E-state index in [9.17, 15) is 0 Å². The van der Waals surface area contributed by atoms with Crippen molar-refractivity contribution in [3.8, 4) is 0 Å². The summed E-state index contributed by atoms with van der Waals surface area (Å²) in [5, 5.41) is 3.56. The number of rotatable bonds is 2. The van der Waals surface area contributed by atoms with Crippen LogP contribution in [0.3, 0.4) is 0 Å². The van der Waals surface area contributed by atoms with Crippen molar-refractivity contribution in [3.63, 3.8) is 0 Å². The maximum Gasteiger partial charge on any atom is 0.0148 e. The van der Waals surface area contributed by atoms with Crippen LogP contribution in [0.5, 0.6) is 0 Å². The summed E-state index contributed by atoms with van der Waals surface area (Å²) in [5.74, 6) is 0.905. The van der Waals surface area contributed by atoms with Crippen LogP contribution in [0, 0.1) is 11.3 Å². The smallest absolute Gasteiger partial charge is 0.0148 e. The molecule has 0 amide bonds. The van der Waals surface area contributed by atoms with Crippen LogP contribution >= 0.6 is 12.4 Å². The molecule has 1 N–H and O–H groups in total. The van der Waals surface area contributed by atoms with Gasteiger partial charge in [0, 0.05) is 12.6 Å². The Morgan fingerprint density at radius 1 is 1.29 bits per heavy atom. The number of halogens is 1. The highest BCUT2D eigenvalue weighted by atomic mass is 35.5. The van der Waals surface area contributed by atoms with E-state index in [2.05, 4.69) is 17.1 Å². The molecule has 1 saturated carbocycles. The van der Waals surface area contributed by atoms with Crippen molar-refractivity contribution in [3.05, 3.63) is 0 Å². The van der Waals surface area contributed by atoms with E-state index in [0.29, 0.717) is 0 Å². The SMILES string of the molecule is CCC1CNCCC1N1CCCC2(CC2)C1.Cl. The average Bonchev–Trinajstić information content (AvgIpc) is 3.08. The van der Waals surface area contributed by atoms with Crippen LogP contribution < -0.4 is 5.32 Å². The van der Waals surface area contributed by atoms with Gasteiger partial charge < -0.3 is 5.32 Å². The van der Waals surface area contributed by atoms with Crippen LogP contribution in [-0.4, -0.2) is 37.1 Å². The van der Waals surface area contributed by atoms with E-state index < -0.39 is 0 Å². The van der Waals surface area contributed by atoms with E-state index in [1.807, 2.05) is 0 Å². The predicted octanol–water partition coefficient (Wildman–Crippen LogP) is 2.67. The Kier molecular flexibility index (Phi) is 4.38. The van der Waals surface area contributed by atoms with Gasteiger partial charge in [0.25, 0.3) is 0 Å². The van der Waals surface area contributed by atoms with E-state index in [4.69, 9.17) is 0 Å². The third-order valence-corrected chi connectivity index (χ3v) is 5.21. The molecule has 0 radical (unpaired) electrons. The van der Waals surface area contributed by atoms with Gasteiger partial charge in [-0.25, -0.2) is 0 Å². The highest BCUT2D eigenvalue weighted by Crippen LogP contribution is 2.52. The Morgan fingerprint density at radius 3 is 2.82 bits per heavy atom. The van der Waals surface area contributed by atoms with Crippen molar-refractivity contribution in [1.82, 2.24) is 10.2 Å². The van der Waals surface area contributed by atoms with E-state index >= 15 is 0 Å². The maximum atomic E-state index is 3.56. The topological polar surface area (TPSA) is 15.3 Å². The molecule has 0 aromatic carbocycles. The second-order valence-electron chi connectivity index (χ2n) is 6.30. The van der Waals surface area contributed by atoms with Crippen LogP contribution in [0.1, 0.15) is 45.4 Å².